The van der Waals surface area contributed by atoms with E-state index in [1.54, 1.807) is 4.90 Å². The first-order valence-electron chi connectivity index (χ1n) is 11.8. The van der Waals surface area contributed by atoms with Crippen LogP contribution in [0.3, 0.4) is 0 Å². The lowest BCUT2D eigenvalue weighted by Gasteiger charge is -2.38. The number of anilines is 1. The molecule has 178 valence electrons. The Bertz CT molecular complexity index is 960. The van der Waals surface area contributed by atoms with Gasteiger partial charge in [0.15, 0.2) is 0 Å². The molecule has 1 aromatic carbocycles. The van der Waals surface area contributed by atoms with E-state index < -0.39 is 12.3 Å². The van der Waals surface area contributed by atoms with Crippen molar-refractivity contribution in [3.05, 3.63) is 52.4 Å². The Hall–Kier alpha value is -2.74. The summed E-state index contributed by atoms with van der Waals surface area (Å²) >= 11 is 0. The second kappa shape index (κ2) is 10.5. The molecule has 0 radical (unpaired) electrons. The maximum absolute atomic E-state index is 13.2. The zero-order chi connectivity index (χ0) is 23.4. The number of rotatable bonds is 7. The van der Waals surface area contributed by atoms with E-state index in [4.69, 9.17) is 0 Å². The van der Waals surface area contributed by atoms with Gasteiger partial charge in [-0.3, -0.25) is 9.59 Å². The molecule has 0 aliphatic carbocycles. The molecule has 4 rings (SSSR count). The maximum atomic E-state index is 13.2. The molecule has 6 nitrogen and oxygen atoms in total. The molecule has 2 N–H and O–H groups in total. The first-order valence-corrected chi connectivity index (χ1v) is 11.8. The second-order valence-corrected chi connectivity index (χ2v) is 8.92. The van der Waals surface area contributed by atoms with Crippen LogP contribution in [0, 0.1) is 5.92 Å². The van der Waals surface area contributed by atoms with Gasteiger partial charge in [0, 0.05) is 55.5 Å². The molecule has 0 saturated carbocycles. The van der Waals surface area contributed by atoms with Crippen LogP contribution in [-0.4, -0.2) is 56.2 Å². The minimum Gasteiger partial charge on any atom is -0.367 e. The van der Waals surface area contributed by atoms with E-state index in [0.29, 0.717) is 43.6 Å². The summed E-state index contributed by atoms with van der Waals surface area (Å²) in [6.45, 7) is 5.35. The van der Waals surface area contributed by atoms with Crippen molar-refractivity contribution < 1.29 is 18.4 Å². The molecule has 0 bridgehead atoms. The van der Waals surface area contributed by atoms with Crippen molar-refractivity contribution in [2.75, 3.05) is 37.6 Å². The third-order valence-corrected chi connectivity index (χ3v) is 6.70. The van der Waals surface area contributed by atoms with Crippen LogP contribution in [0.4, 0.5) is 14.5 Å². The minimum atomic E-state index is -2.39. The van der Waals surface area contributed by atoms with Gasteiger partial charge in [-0.1, -0.05) is 6.92 Å². The predicted molar refractivity (Wildman–Crippen MR) is 124 cm³/mol. The van der Waals surface area contributed by atoms with Crippen LogP contribution in [0.1, 0.15) is 48.5 Å². The minimum absolute atomic E-state index is 0.128. The number of likely N-dealkylation sites (tertiary alicyclic amines) is 1. The molecule has 0 unspecified atom stereocenters. The van der Waals surface area contributed by atoms with E-state index >= 15 is 0 Å². The van der Waals surface area contributed by atoms with Gasteiger partial charge in [0.1, 0.15) is 12.1 Å². The molecule has 3 aliphatic rings. The van der Waals surface area contributed by atoms with Crippen molar-refractivity contribution in [2.45, 2.75) is 45.6 Å². The van der Waals surface area contributed by atoms with Gasteiger partial charge < -0.3 is 20.4 Å². The molecular weight excluding hydrogens is 426 g/mol. The monoisotopic (exact) mass is 458 g/mol. The summed E-state index contributed by atoms with van der Waals surface area (Å²) in [4.78, 5) is 28.3. The lowest BCUT2D eigenvalue weighted by molar-refractivity contribution is -0.130. The Morgan fingerprint density at radius 1 is 1.30 bits per heavy atom. The Morgan fingerprint density at radius 3 is 2.91 bits per heavy atom. The van der Waals surface area contributed by atoms with Crippen LogP contribution >= 0.6 is 0 Å². The molecule has 0 aromatic heterocycles. The number of carbonyl (C=O) groups excluding carboxylic acids is 2. The molecule has 1 aromatic rings. The highest BCUT2D eigenvalue weighted by molar-refractivity contribution is 5.95. The first-order chi connectivity index (χ1) is 16.0. The number of benzene rings is 1. The van der Waals surface area contributed by atoms with Crippen molar-refractivity contribution in [2.24, 2.45) is 5.92 Å². The standard InChI is InChI=1S/C25H32F2N4O2/c1-2-28-13-20-12-22(8-7-19(20)16-32)31-10-4-5-17-11-21(14-29-24(17)31)25(33)30-9-3-6-18(15-30)23(26)27/h7-8,11-12,16,18,23,28-29H,2-6,9-10,13-15H2,1H3/t18-/m1/s1. The molecule has 8 heteroatoms. The van der Waals surface area contributed by atoms with E-state index in [0.717, 1.165) is 54.9 Å². The molecule has 1 atom stereocenters. The average Bonchev–Trinajstić information content (AvgIpc) is 2.86. The van der Waals surface area contributed by atoms with Crippen molar-refractivity contribution in [3.63, 3.8) is 0 Å². The Morgan fingerprint density at radius 2 is 2.15 bits per heavy atom. The molecule has 1 amide bonds. The fourth-order valence-electron chi connectivity index (χ4n) is 4.91. The summed E-state index contributed by atoms with van der Waals surface area (Å²) in [5, 5.41) is 6.70. The van der Waals surface area contributed by atoms with Gasteiger partial charge >= 0.3 is 0 Å². The third-order valence-electron chi connectivity index (χ3n) is 6.70. The van der Waals surface area contributed by atoms with Crippen LogP contribution in [0.25, 0.3) is 0 Å². The smallest absolute Gasteiger partial charge is 0.251 e. The highest BCUT2D eigenvalue weighted by Gasteiger charge is 2.32. The number of piperidine rings is 1. The van der Waals surface area contributed by atoms with Gasteiger partial charge in [0.05, 0.1) is 0 Å². The highest BCUT2D eigenvalue weighted by Crippen LogP contribution is 2.32. The van der Waals surface area contributed by atoms with Crippen LogP contribution < -0.4 is 15.5 Å². The fourth-order valence-corrected chi connectivity index (χ4v) is 4.91. The quantitative estimate of drug-likeness (QED) is 0.613. The number of allylic oxidation sites excluding steroid dienone is 2. The number of carbonyl (C=O) groups is 2. The van der Waals surface area contributed by atoms with Crippen LogP contribution in [0.5, 0.6) is 0 Å². The summed E-state index contributed by atoms with van der Waals surface area (Å²) in [6, 6.07) is 5.86. The van der Waals surface area contributed by atoms with Crippen LogP contribution in [0.15, 0.2) is 41.2 Å². The van der Waals surface area contributed by atoms with E-state index in [2.05, 4.69) is 15.5 Å². The zero-order valence-electron chi connectivity index (χ0n) is 19.1. The summed E-state index contributed by atoms with van der Waals surface area (Å²) in [5.41, 5.74) is 4.34. The molecule has 3 heterocycles. The van der Waals surface area contributed by atoms with E-state index in [9.17, 15) is 18.4 Å². The molecular formula is C25H32F2N4O2. The van der Waals surface area contributed by atoms with E-state index in [1.165, 1.54) is 0 Å². The van der Waals surface area contributed by atoms with E-state index in [1.807, 2.05) is 31.2 Å². The van der Waals surface area contributed by atoms with Crippen LogP contribution in [0.2, 0.25) is 0 Å². The predicted octanol–water partition coefficient (Wildman–Crippen LogP) is 3.45. The number of nitrogens with one attached hydrogen (secondary N) is 2. The summed E-state index contributed by atoms with van der Waals surface area (Å²) in [7, 11) is 0. The molecule has 1 saturated heterocycles. The van der Waals surface area contributed by atoms with Gasteiger partial charge in [-0.15, -0.1) is 0 Å². The van der Waals surface area contributed by atoms with Crippen molar-refractivity contribution in [1.82, 2.24) is 15.5 Å². The summed E-state index contributed by atoms with van der Waals surface area (Å²) in [6.07, 6.45) is 3.33. The number of alkyl halides is 2. The number of hydrogen-bond donors (Lipinski definition) is 2. The van der Waals surface area contributed by atoms with Gasteiger partial charge in [-0.05, 0) is 67.6 Å². The second-order valence-electron chi connectivity index (χ2n) is 8.92. The first kappa shape index (κ1) is 23.4. The van der Waals surface area contributed by atoms with Gasteiger partial charge in [0.25, 0.3) is 5.91 Å². The normalized spacial score (nSPS) is 21.0. The topological polar surface area (TPSA) is 64.7 Å². The number of nitrogens with zero attached hydrogens (tertiary/aromatic N) is 2. The average molecular weight is 459 g/mol. The largest absolute Gasteiger partial charge is 0.367 e. The Kier molecular flexibility index (Phi) is 7.42. The van der Waals surface area contributed by atoms with Gasteiger partial charge in [-0.25, -0.2) is 8.78 Å². The Labute approximate surface area is 193 Å². The highest BCUT2D eigenvalue weighted by atomic mass is 19.3. The molecule has 33 heavy (non-hydrogen) atoms. The summed E-state index contributed by atoms with van der Waals surface area (Å²) in [5.74, 6) is 0.112. The van der Waals surface area contributed by atoms with Crippen molar-refractivity contribution >= 4 is 17.9 Å². The fraction of sp³-hybridized carbons (Fsp3) is 0.520. The van der Waals surface area contributed by atoms with E-state index in [-0.39, 0.29) is 12.5 Å². The van der Waals surface area contributed by atoms with Gasteiger partial charge in [0.2, 0.25) is 6.43 Å². The maximum Gasteiger partial charge on any atom is 0.251 e. The SMILES string of the molecule is CCNCc1cc(N2CCCC3=C2NCC(C(=O)N2CCC[C@@H](C(F)F)C2)=C3)ccc1C=O. The molecule has 1 fully saturated rings. The van der Waals surface area contributed by atoms with Crippen LogP contribution in [-0.2, 0) is 11.3 Å². The van der Waals surface area contributed by atoms with Gasteiger partial charge in [-0.2, -0.15) is 0 Å². The summed E-state index contributed by atoms with van der Waals surface area (Å²) < 4.78 is 26.3. The number of dihydropyridines is 1. The molecule has 3 aliphatic heterocycles. The number of aldehydes is 1. The van der Waals surface area contributed by atoms with Crippen molar-refractivity contribution in [1.29, 1.82) is 0 Å². The third kappa shape index (κ3) is 5.11. The number of hydrogen-bond acceptors (Lipinski definition) is 5. The molecule has 0 spiro atoms. The Balaban J connectivity index is 1.55. The zero-order valence-corrected chi connectivity index (χ0v) is 19.1. The number of halogens is 2. The number of amides is 1. The lowest BCUT2D eigenvalue weighted by Crippen LogP contribution is -2.46. The lowest BCUT2D eigenvalue weighted by atomic mass is 9.95. The van der Waals surface area contributed by atoms with Crippen molar-refractivity contribution in [3.8, 4) is 0 Å².